The summed E-state index contributed by atoms with van der Waals surface area (Å²) in [5.41, 5.74) is 5.82. The molecule has 0 saturated heterocycles. The Morgan fingerprint density at radius 3 is 2.00 bits per heavy atom. The number of hydrogen-bond acceptors (Lipinski definition) is 3. The maximum Gasteiger partial charge on any atom is 0.397 e. The van der Waals surface area contributed by atoms with Crippen molar-refractivity contribution >= 4 is 40.3 Å². The zero-order valence-electron chi connectivity index (χ0n) is 16.8. The van der Waals surface area contributed by atoms with Gasteiger partial charge in [-0.25, -0.2) is 4.79 Å². The van der Waals surface area contributed by atoms with E-state index in [1.165, 1.54) is 0 Å². The van der Waals surface area contributed by atoms with Crippen molar-refractivity contribution in [2.24, 2.45) is 0 Å². The Kier molecular flexibility index (Phi) is 7.04. The van der Waals surface area contributed by atoms with Crippen LogP contribution in [0.1, 0.15) is 30.5 Å². The molecule has 0 unspecified atom stereocenters. The Balaban J connectivity index is 1.97. The van der Waals surface area contributed by atoms with Crippen LogP contribution in [-0.2, 0) is 14.3 Å². The molecule has 0 radical (unpaired) electrons. The molecule has 0 fully saturated rings. The summed E-state index contributed by atoms with van der Waals surface area (Å²) >= 11 is 6.05. The van der Waals surface area contributed by atoms with E-state index in [4.69, 9.17) is 16.3 Å². The average Bonchev–Trinajstić information content (AvgIpc) is 2.76. The SMILES string of the molecule is CCOC(=O)C(=O)Nc1ccc(/C(=C(/C)c2ccc(Cl)cc2)c2ccccc2)cc1. The fraction of sp³-hybridized carbons (Fsp3) is 0.120. The minimum absolute atomic E-state index is 0.153. The first kappa shape index (κ1) is 21.3. The fourth-order valence-electron chi connectivity index (χ4n) is 3.15. The molecule has 0 bridgehead atoms. The lowest BCUT2D eigenvalue weighted by Gasteiger charge is -2.15. The number of amides is 1. The number of anilines is 1. The Bertz CT molecular complexity index is 1060. The normalized spacial score (nSPS) is 11.4. The summed E-state index contributed by atoms with van der Waals surface area (Å²) in [5.74, 6) is -1.69. The van der Waals surface area contributed by atoms with Gasteiger partial charge in [0.15, 0.2) is 0 Å². The van der Waals surface area contributed by atoms with Gasteiger partial charge in [-0.2, -0.15) is 0 Å². The van der Waals surface area contributed by atoms with Crippen LogP contribution in [0.4, 0.5) is 5.69 Å². The van der Waals surface area contributed by atoms with Crippen LogP contribution in [0.2, 0.25) is 5.02 Å². The van der Waals surface area contributed by atoms with Gasteiger partial charge >= 0.3 is 11.9 Å². The van der Waals surface area contributed by atoms with Gasteiger partial charge < -0.3 is 10.1 Å². The Morgan fingerprint density at radius 2 is 1.40 bits per heavy atom. The second-order valence-electron chi connectivity index (χ2n) is 6.62. The number of rotatable bonds is 5. The van der Waals surface area contributed by atoms with Crippen LogP contribution in [0.5, 0.6) is 0 Å². The third-order valence-electron chi connectivity index (χ3n) is 4.61. The van der Waals surface area contributed by atoms with Gasteiger partial charge in [-0.15, -0.1) is 0 Å². The van der Waals surface area contributed by atoms with Crippen LogP contribution in [0.25, 0.3) is 11.1 Å². The van der Waals surface area contributed by atoms with E-state index >= 15 is 0 Å². The quantitative estimate of drug-likeness (QED) is 0.322. The highest BCUT2D eigenvalue weighted by atomic mass is 35.5. The smallest absolute Gasteiger partial charge is 0.397 e. The van der Waals surface area contributed by atoms with Crippen LogP contribution >= 0.6 is 11.6 Å². The molecule has 0 atom stereocenters. The maximum atomic E-state index is 11.9. The van der Waals surface area contributed by atoms with Gasteiger partial charge in [-0.1, -0.05) is 66.2 Å². The fourth-order valence-corrected chi connectivity index (χ4v) is 3.27. The molecule has 4 nitrogen and oxygen atoms in total. The number of hydrogen-bond donors (Lipinski definition) is 1. The van der Waals surface area contributed by atoms with E-state index < -0.39 is 11.9 Å². The van der Waals surface area contributed by atoms with Crippen LogP contribution in [0.15, 0.2) is 78.9 Å². The van der Waals surface area contributed by atoms with E-state index in [9.17, 15) is 9.59 Å². The van der Waals surface area contributed by atoms with Gasteiger partial charge in [0.2, 0.25) is 0 Å². The Labute approximate surface area is 181 Å². The van der Waals surface area contributed by atoms with Crippen molar-refractivity contribution in [3.63, 3.8) is 0 Å². The van der Waals surface area contributed by atoms with Crippen molar-refractivity contribution in [1.29, 1.82) is 0 Å². The first-order valence-electron chi connectivity index (χ1n) is 9.60. The Morgan fingerprint density at radius 1 is 0.833 bits per heavy atom. The number of esters is 1. The molecular formula is C25H22ClNO3. The van der Waals surface area contributed by atoms with Crippen molar-refractivity contribution in [2.75, 3.05) is 11.9 Å². The molecule has 0 heterocycles. The van der Waals surface area contributed by atoms with E-state index in [0.717, 1.165) is 27.8 Å². The summed E-state index contributed by atoms with van der Waals surface area (Å²) in [6, 6.07) is 25.2. The Hall–Kier alpha value is -3.37. The van der Waals surface area contributed by atoms with Gasteiger partial charge in [0, 0.05) is 10.7 Å². The van der Waals surface area contributed by atoms with Gasteiger partial charge in [-0.3, -0.25) is 4.79 Å². The zero-order chi connectivity index (χ0) is 21.5. The summed E-state index contributed by atoms with van der Waals surface area (Å²) in [7, 11) is 0. The summed E-state index contributed by atoms with van der Waals surface area (Å²) in [6.45, 7) is 3.88. The van der Waals surface area contributed by atoms with Crippen molar-refractivity contribution in [1.82, 2.24) is 0 Å². The maximum absolute atomic E-state index is 11.9. The minimum atomic E-state index is -0.898. The van der Waals surface area contributed by atoms with Gasteiger partial charge in [0.1, 0.15) is 0 Å². The topological polar surface area (TPSA) is 55.4 Å². The van der Waals surface area contributed by atoms with Gasteiger partial charge in [0.05, 0.1) is 6.61 Å². The molecule has 0 aliphatic carbocycles. The molecule has 3 aromatic carbocycles. The summed E-state index contributed by atoms with van der Waals surface area (Å²) in [5, 5.41) is 3.24. The number of carbonyl (C=O) groups is 2. The molecule has 1 N–H and O–H groups in total. The molecule has 0 spiro atoms. The first-order chi connectivity index (χ1) is 14.5. The third kappa shape index (κ3) is 5.16. The number of ether oxygens (including phenoxy) is 1. The van der Waals surface area contributed by atoms with Crippen LogP contribution in [0.3, 0.4) is 0 Å². The summed E-state index contributed by atoms with van der Waals surface area (Å²) in [4.78, 5) is 23.4. The molecule has 5 heteroatoms. The molecule has 3 rings (SSSR count). The second kappa shape index (κ2) is 9.90. The van der Waals surface area contributed by atoms with E-state index in [1.54, 1.807) is 19.1 Å². The number of benzene rings is 3. The number of halogens is 1. The first-order valence-corrected chi connectivity index (χ1v) is 9.98. The molecule has 152 valence electrons. The lowest BCUT2D eigenvalue weighted by atomic mass is 9.90. The summed E-state index contributed by atoms with van der Waals surface area (Å²) in [6.07, 6.45) is 0. The number of carbonyl (C=O) groups excluding carboxylic acids is 2. The molecule has 0 saturated carbocycles. The molecule has 1 amide bonds. The number of allylic oxidation sites excluding steroid dienone is 1. The lowest BCUT2D eigenvalue weighted by Crippen LogP contribution is -2.24. The van der Waals surface area contributed by atoms with E-state index in [2.05, 4.69) is 24.4 Å². The highest BCUT2D eigenvalue weighted by Gasteiger charge is 2.15. The van der Waals surface area contributed by atoms with Crippen molar-refractivity contribution < 1.29 is 14.3 Å². The monoisotopic (exact) mass is 419 g/mol. The lowest BCUT2D eigenvalue weighted by molar-refractivity contribution is -0.152. The highest BCUT2D eigenvalue weighted by molar-refractivity contribution is 6.37. The van der Waals surface area contributed by atoms with Crippen molar-refractivity contribution in [2.45, 2.75) is 13.8 Å². The standard InChI is InChI=1S/C25H22ClNO3/c1-3-30-25(29)24(28)27-22-15-11-20(12-16-22)23(19-7-5-4-6-8-19)17(2)18-9-13-21(26)14-10-18/h4-16H,3H2,1-2H3,(H,27,28)/b23-17-. The predicted octanol–water partition coefficient (Wildman–Crippen LogP) is 5.82. The average molecular weight is 420 g/mol. The van der Waals surface area contributed by atoms with E-state index in [0.29, 0.717) is 10.7 Å². The molecule has 0 aliphatic rings. The minimum Gasteiger partial charge on any atom is -0.459 e. The predicted molar refractivity (Wildman–Crippen MR) is 121 cm³/mol. The second-order valence-corrected chi connectivity index (χ2v) is 7.06. The molecule has 3 aromatic rings. The van der Waals surface area contributed by atoms with Crippen LogP contribution in [0, 0.1) is 0 Å². The van der Waals surface area contributed by atoms with Crippen molar-refractivity contribution in [3.8, 4) is 0 Å². The largest absolute Gasteiger partial charge is 0.459 e. The van der Waals surface area contributed by atoms with Crippen LogP contribution < -0.4 is 5.32 Å². The highest BCUT2D eigenvalue weighted by Crippen LogP contribution is 2.33. The molecule has 0 aromatic heterocycles. The van der Waals surface area contributed by atoms with Crippen LogP contribution in [-0.4, -0.2) is 18.5 Å². The molecule has 30 heavy (non-hydrogen) atoms. The molecular weight excluding hydrogens is 398 g/mol. The summed E-state index contributed by atoms with van der Waals surface area (Å²) < 4.78 is 4.72. The zero-order valence-corrected chi connectivity index (χ0v) is 17.6. The molecule has 0 aliphatic heterocycles. The van der Waals surface area contributed by atoms with Crippen molar-refractivity contribution in [3.05, 3.63) is 101 Å². The third-order valence-corrected chi connectivity index (χ3v) is 4.86. The van der Waals surface area contributed by atoms with Gasteiger partial charge in [-0.05, 0) is 65.9 Å². The van der Waals surface area contributed by atoms with E-state index in [1.807, 2.05) is 54.6 Å². The van der Waals surface area contributed by atoms with Gasteiger partial charge in [0.25, 0.3) is 0 Å². The van der Waals surface area contributed by atoms with E-state index in [-0.39, 0.29) is 6.61 Å². The number of nitrogens with one attached hydrogen (secondary N) is 1.